The van der Waals surface area contributed by atoms with Crippen LogP contribution >= 0.6 is 39.7 Å². The van der Waals surface area contributed by atoms with Crippen LogP contribution in [0.4, 0.5) is 0 Å². The van der Waals surface area contributed by atoms with E-state index in [0.717, 1.165) is 4.88 Å². The van der Waals surface area contributed by atoms with Gasteiger partial charge in [0.1, 0.15) is 5.75 Å². The molecule has 0 fully saturated rings. The number of nitrogens with zero attached hydrogens (tertiary/aromatic N) is 1. The minimum atomic E-state index is -0.417. The van der Waals surface area contributed by atoms with Crippen LogP contribution in [-0.2, 0) is 0 Å². The lowest BCUT2D eigenvalue weighted by atomic mass is 10.0. The zero-order valence-electron chi connectivity index (χ0n) is 9.13. The van der Waals surface area contributed by atoms with Crippen LogP contribution < -0.4 is 5.73 Å². The van der Waals surface area contributed by atoms with Crippen LogP contribution in [0.1, 0.15) is 22.0 Å². The maximum Gasteiger partial charge on any atom is 0.134 e. The second kappa shape index (κ2) is 6.21. The molecule has 2 rings (SSSR count). The van der Waals surface area contributed by atoms with Crippen molar-refractivity contribution in [3.63, 3.8) is 0 Å². The van der Waals surface area contributed by atoms with E-state index in [1.165, 1.54) is 11.3 Å². The summed E-state index contributed by atoms with van der Waals surface area (Å²) in [6.07, 6.45) is 0. The number of rotatable bonds is 2. The number of benzene rings is 1. The molecule has 0 radical (unpaired) electrons. The summed E-state index contributed by atoms with van der Waals surface area (Å²) < 4.78 is 0.485. The first-order valence-electron chi connectivity index (χ1n) is 4.85. The van der Waals surface area contributed by atoms with Crippen molar-refractivity contribution in [3.8, 4) is 11.8 Å². The van der Waals surface area contributed by atoms with Gasteiger partial charge >= 0.3 is 0 Å². The third-order valence-electron chi connectivity index (χ3n) is 2.41. The molecule has 2 aromatic rings. The molecule has 0 saturated carbocycles. The number of nitrogens with two attached hydrogens (primary N) is 1. The molecule has 1 heterocycles. The maximum atomic E-state index is 9.96. The van der Waals surface area contributed by atoms with Crippen LogP contribution in [-0.4, -0.2) is 5.11 Å². The summed E-state index contributed by atoms with van der Waals surface area (Å²) in [5.74, 6) is 0.0879. The van der Waals surface area contributed by atoms with E-state index in [2.05, 4.69) is 15.9 Å². The average molecular weight is 346 g/mol. The fraction of sp³-hybridized carbons (Fsp3) is 0.0833. The Morgan fingerprint density at radius 3 is 2.72 bits per heavy atom. The number of thiophene rings is 1. The van der Waals surface area contributed by atoms with Gasteiger partial charge < -0.3 is 10.8 Å². The van der Waals surface area contributed by atoms with E-state index in [1.54, 1.807) is 12.1 Å². The molecule has 94 valence electrons. The van der Waals surface area contributed by atoms with Crippen molar-refractivity contribution < 1.29 is 5.11 Å². The highest BCUT2D eigenvalue weighted by molar-refractivity contribution is 9.10. The summed E-state index contributed by atoms with van der Waals surface area (Å²) in [4.78, 5) is 0.947. The molecule has 0 saturated heterocycles. The quantitative estimate of drug-likeness (QED) is 0.874. The van der Waals surface area contributed by atoms with Crippen LogP contribution in [0.15, 0.2) is 34.1 Å². The number of aromatic hydroxyl groups is 1. The number of halogens is 2. The molecule has 0 spiro atoms. The van der Waals surface area contributed by atoms with Crippen LogP contribution in [0, 0.1) is 11.3 Å². The van der Waals surface area contributed by atoms with E-state index in [9.17, 15) is 5.11 Å². The monoisotopic (exact) mass is 344 g/mol. The Balaban J connectivity index is 0.00000162. The molecule has 0 amide bonds. The summed E-state index contributed by atoms with van der Waals surface area (Å²) in [6.45, 7) is 0. The Hall–Kier alpha value is -1.06. The molecule has 0 unspecified atom stereocenters. The molecule has 0 bridgehead atoms. The summed E-state index contributed by atoms with van der Waals surface area (Å²) >= 11 is 4.74. The van der Waals surface area contributed by atoms with Crippen LogP contribution in [0.25, 0.3) is 0 Å². The van der Waals surface area contributed by atoms with Gasteiger partial charge in [0.25, 0.3) is 0 Å². The summed E-state index contributed by atoms with van der Waals surface area (Å²) in [5, 5.41) is 20.8. The highest BCUT2D eigenvalue weighted by Crippen LogP contribution is 2.35. The second-order valence-electron chi connectivity index (χ2n) is 3.50. The standard InChI is InChI=1S/C12H9BrN2OS.ClH/c13-9-5-7(6-14)4-8(12(9)16)11(15)10-2-1-3-17-10;/h1-5,11,16H,15H2;1H/t11-;/m1./s1. The molecule has 1 atom stereocenters. The average Bonchev–Trinajstić information content (AvgIpc) is 2.85. The van der Waals surface area contributed by atoms with Gasteiger partial charge in [0.2, 0.25) is 0 Å². The van der Waals surface area contributed by atoms with Crippen LogP contribution in [0.3, 0.4) is 0 Å². The van der Waals surface area contributed by atoms with Crippen molar-refractivity contribution in [2.24, 2.45) is 5.73 Å². The van der Waals surface area contributed by atoms with Crippen molar-refractivity contribution in [1.82, 2.24) is 0 Å². The summed E-state index contributed by atoms with van der Waals surface area (Å²) in [6, 6.07) is 8.62. The molecular weight excluding hydrogens is 336 g/mol. The van der Waals surface area contributed by atoms with Crippen molar-refractivity contribution in [2.75, 3.05) is 0 Å². The Morgan fingerprint density at radius 1 is 1.44 bits per heavy atom. The largest absolute Gasteiger partial charge is 0.506 e. The van der Waals surface area contributed by atoms with Crippen molar-refractivity contribution in [3.05, 3.63) is 50.1 Å². The maximum absolute atomic E-state index is 9.96. The van der Waals surface area contributed by atoms with Gasteiger partial charge in [-0.15, -0.1) is 23.7 Å². The predicted molar refractivity (Wildman–Crippen MR) is 78.1 cm³/mol. The zero-order valence-corrected chi connectivity index (χ0v) is 12.3. The number of hydrogen-bond donors (Lipinski definition) is 2. The van der Waals surface area contributed by atoms with Gasteiger partial charge in [0.15, 0.2) is 0 Å². The molecule has 1 aromatic heterocycles. The first kappa shape index (κ1) is 15.0. The Kier molecular flexibility index (Phi) is 5.17. The van der Waals surface area contributed by atoms with Crippen molar-refractivity contribution in [2.45, 2.75) is 6.04 Å². The van der Waals surface area contributed by atoms with Crippen LogP contribution in [0.2, 0.25) is 0 Å². The summed E-state index contributed by atoms with van der Waals surface area (Å²) in [5.41, 5.74) is 7.10. The van der Waals surface area contributed by atoms with E-state index in [0.29, 0.717) is 15.6 Å². The minimum Gasteiger partial charge on any atom is -0.506 e. The van der Waals surface area contributed by atoms with E-state index >= 15 is 0 Å². The third-order valence-corrected chi connectivity index (χ3v) is 3.97. The number of phenols is 1. The Bertz CT molecular complexity index is 581. The topological polar surface area (TPSA) is 70.0 Å². The molecule has 18 heavy (non-hydrogen) atoms. The van der Waals surface area contributed by atoms with Gasteiger partial charge in [-0.1, -0.05) is 6.07 Å². The highest BCUT2D eigenvalue weighted by Gasteiger charge is 2.17. The summed E-state index contributed by atoms with van der Waals surface area (Å²) in [7, 11) is 0. The zero-order chi connectivity index (χ0) is 12.4. The molecule has 0 aliphatic carbocycles. The molecular formula is C12H10BrClN2OS. The van der Waals surface area contributed by atoms with Crippen molar-refractivity contribution >= 4 is 39.7 Å². The molecule has 6 heteroatoms. The Labute approximate surface area is 123 Å². The number of phenolic OH excluding ortho intramolecular Hbond substituents is 1. The molecule has 3 nitrogen and oxygen atoms in total. The predicted octanol–water partition coefficient (Wildman–Crippen LogP) is 3.56. The minimum absolute atomic E-state index is 0. The van der Waals surface area contributed by atoms with Gasteiger partial charge in [0, 0.05) is 10.4 Å². The van der Waals surface area contributed by atoms with E-state index in [1.807, 2.05) is 23.6 Å². The first-order valence-corrected chi connectivity index (χ1v) is 6.52. The fourth-order valence-corrected chi connectivity index (χ4v) is 2.76. The Morgan fingerprint density at radius 2 is 2.17 bits per heavy atom. The molecule has 1 aromatic carbocycles. The van der Waals surface area contributed by atoms with Crippen molar-refractivity contribution in [1.29, 1.82) is 5.26 Å². The SMILES string of the molecule is Cl.N#Cc1cc(Br)c(O)c([C@@H](N)c2cccs2)c1. The van der Waals surface area contributed by atoms with E-state index in [-0.39, 0.29) is 18.2 Å². The van der Waals surface area contributed by atoms with Gasteiger partial charge in [-0.3, -0.25) is 0 Å². The first-order chi connectivity index (χ1) is 8.13. The smallest absolute Gasteiger partial charge is 0.134 e. The lowest BCUT2D eigenvalue weighted by Gasteiger charge is -2.13. The number of nitriles is 1. The fourth-order valence-electron chi connectivity index (χ4n) is 1.54. The molecule has 0 aliphatic heterocycles. The van der Waals surface area contributed by atoms with E-state index in [4.69, 9.17) is 11.0 Å². The van der Waals surface area contributed by atoms with Crippen LogP contribution in [0.5, 0.6) is 5.75 Å². The van der Waals surface area contributed by atoms with Gasteiger partial charge in [-0.25, -0.2) is 0 Å². The lowest BCUT2D eigenvalue weighted by molar-refractivity contribution is 0.462. The lowest BCUT2D eigenvalue weighted by Crippen LogP contribution is -2.10. The molecule has 3 N–H and O–H groups in total. The van der Waals surface area contributed by atoms with Gasteiger partial charge in [-0.2, -0.15) is 5.26 Å². The van der Waals surface area contributed by atoms with Gasteiger partial charge in [0.05, 0.1) is 22.1 Å². The van der Waals surface area contributed by atoms with E-state index < -0.39 is 6.04 Å². The second-order valence-corrected chi connectivity index (χ2v) is 5.33. The third kappa shape index (κ3) is 2.85. The number of hydrogen-bond acceptors (Lipinski definition) is 4. The molecule has 0 aliphatic rings. The van der Waals surface area contributed by atoms with Gasteiger partial charge in [-0.05, 0) is 39.5 Å². The normalized spacial score (nSPS) is 11.4. The highest BCUT2D eigenvalue weighted by atomic mass is 79.9.